The van der Waals surface area contributed by atoms with Gasteiger partial charge < -0.3 is 10.1 Å². The van der Waals surface area contributed by atoms with Crippen molar-refractivity contribution in [2.45, 2.75) is 52.6 Å². The molecule has 0 spiro atoms. The van der Waals surface area contributed by atoms with Crippen LogP contribution in [0.2, 0.25) is 0 Å². The van der Waals surface area contributed by atoms with Crippen molar-refractivity contribution < 1.29 is 9.53 Å². The van der Waals surface area contributed by atoms with Crippen LogP contribution >= 0.6 is 11.3 Å². The van der Waals surface area contributed by atoms with Gasteiger partial charge in [-0.2, -0.15) is 0 Å². The molecule has 0 atom stereocenters. The molecular weight excluding hydrogens is 346 g/mol. The van der Waals surface area contributed by atoms with E-state index in [9.17, 15) is 4.79 Å². The number of aromatic nitrogens is 2. The molecule has 0 saturated carbocycles. The maximum atomic E-state index is 12.4. The zero-order valence-electron chi connectivity index (χ0n) is 15.4. The molecule has 0 bridgehead atoms. The van der Waals surface area contributed by atoms with Gasteiger partial charge in [0.2, 0.25) is 0 Å². The Morgan fingerprint density at radius 1 is 1.31 bits per heavy atom. The predicted molar refractivity (Wildman–Crippen MR) is 104 cm³/mol. The molecule has 6 heteroatoms. The number of carbonyl (C=O) groups excluding carboxylic acids is 1. The topological polar surface area (TPSA) is 64.1 Å². The van der Waals surface area contributed by atoms with Crippen molar-refractivity contribution in [2.24, 2.45) is 0 Å². The van der Waals surface area contributed by atoms with Gasteiger partial charge in [0.25, 0.3) is 5.91 Å². The summed E-state index contributed by atoms with van der Waals surface area (Å²) < 4.78 is 5.70. The van der Waals surface area contributed by atoms with E-state index < -0.39 is 0 Å². The van der Waals surface area contributed by atoms with E-state index in [2.05, 4.69) is 21.4 Å². The molecule has 3 rings (SSSR count). The second-order valence-corrected chi connectivity index (χ2v) is 7.64. The summed E-state index contributed by atoms with van der Waals surface area (Å²) in [4.78, 5) is 21.8. The van der Waals surface area contributed by atoms with Crippen LogP contribution < -0.4 is 10.1 Å². The zero-order chi connectivity index (χ0) is 18.4. The summed E-state index contributed by atoms with van der Waals surface area (Å²) in [7, 11) is 0. The van der Waals surface area contributed by atoms with Crippen molar-refractivity contribution >= 4 is 17.2 Å². The molecule has 0 saturated heterocycles. The number of ether oxygens (including phenoxy) is 1. The van der Waals surface area contributed by atoms with E-state index in [1.54, 1.807) is 6.20 Å². The fourth-order valence-electron chi connectivity index (χ4n) is 2.96. The van der Waals surface area contributed by atoms with Crippen molar-refractivity contribution in [1.29, 1.82) is 0 Å². The van der Waals surface area contributed by atoms with Crippen molar-refractivity contribution in [2.75, 3.05) is 6.54 Å². The number of nitrogens with zero attached hydrogens (tertiary/aromatic N) is 2. The summed E-state index contributed by atoms with van der Waals surface area (Å²) in [6.45, 7) is 4.83. The molecule has 5 nitrogen and oxygen atoms in total. The second-order valence-electron chi connectivity index (χ2n) is 6.56. The molecule has 1 aliphatic carbocycles. The lowest BCUT2D eigenvalue weighted by Gasteiger charge is -2.12. The second kappa shape index (κ2) is 8.94. The predicted octanol–water partition coefficient (Wildman–Crippen LogP) is 4.35. The molecule has 1 amide bonds. The number of rotatable bonds is 7. The van der Waals surface area contributed by atoms with Crippen molar-refractivity contribution in [1.82, 2.24) is 15.3 Å². The number of aryl methyl sites for hydroxylation is 2. The molecule has 26 heavy (non-hydrogen) atoms. The van der Waals surface area contributed by atoms with E-state index in [1.165, 1.54) is 42.6 Å². The van der Waals surface area contributed by atoms with Gasteiger partial charge in [-0.15, -0.1) is 11.3 Å². The van der Waals surface area contributed by atoms with Crippen molar-refractivity contribution in [3.05, 3.63) is 51.3 Å². The highest BCUT2D eigenvalue weighted by atomic mass is 32.1. The summed E-state index contributed by atoms with van der Waals surface area (Å²) in [6.07, 6.45) is 9.88. The number of allylic oxidation sites excluding steroid dienone is 1. The summed E-state index contributed by atoms with van der Waals surface area (Å²) in [6, 6.07) is 3.79. The largest absolute Gasteiger partial charge is 0.485 e. The van der Waals surface area contributed by atoms with Crippen LogP contribution in [0.3, 0.4) is 0 Å². The maximum Gasteiger partial charge on any atom is 0.263 e. The van der Waals surface area contributed by atoms with Crippen LogP contribution in [0.15, 0.2) is 30.0 Å². The minimum absolute atomic E-state index is 0.0420. The minimum Gasteiger partial charge on any atom is -0.485 e. The number of hydrogen-bond donors (Lipinski definition) is 1. The van der Waals surface area contributed by atoms with Crippen LogP contribution in [0.1, 0.15) is 58.2 Å². The van der Waals surface area contributed by atoms with Crippen LogP contribution in [-0.4, -0.2) is 22.4 Å². The van der Waals surface area contributed by atoms with Crippen LogP contribution in [0.25, 0.3) is 0 Å². The van der Waals surface area contributed by atoms with E-state index in [-0.39, 0.29) is 5.91 Å². The van der Waals surface area contributed by atoms with Gasteiger partial charge in [-0.3, -0.25) is 9.78 Å². The van der Waals surface area contributed by atoms with Gasteiger partial charge in [0.05, 0.1) is 11.9 Å². The van der Waals surface area contributed by atoms with E-state index >= 15 is 0 Å². The smallest absolute Gasteiger partial charge is 0.263 e. The van der Waals surface area contributed by atoms with E-state index in [4.69, 9.17) is 4.74 Å². The van der Waals surface area contributed by atoms with Crippen molar-refractivity contribution in [3.63, 3.8) is 0 Å². The minimum atomic E-state index is -0.0420. The lowest BCUT2D eigenvalue weighted by Crippen LogP contribution is -2.24. The summed E-state index contributed by atoms with van der Waals surface area (Å²) >= 11 is 1.39. The van der Waals surface area contributed by atoms with Gasteiger partial charge in [-0.05, 0) is 58.1 Å². The van der Waals surface area contributed by atoms with Crippen molar-refractivity contribution in [3.8, 4) is 5.75 Å². The first-order valence-corrected chi connectivity index (χ1v) is 9.91. The maximum absolute atomic E-state index is 12.4. The Bertz CT molecular complexity index is 781. The SMILES string of the molecule is Cc1ccc(OCc2nc(C)c(C(=O)NCCC3=CCCCC3)s2)cn1. The first kappa shape index (κ1) is 18.6. The van der Waals surface area contributed by atoms with Gasteiger partial charge in [0.15, 0.2) is 0 Å². The average molecular weight is 372 g/mol. The molecule has 0 radical (unpaired) electrons. The number of amides is 1. The molecule has 138 valence electrons. The third-order valence-electron chi connectivity index (χ3n) is 4.41. The highest BCUT2D eigenvalue weighted by Crippen LogP contribution is 2.21. The number of nitrogens with one attached hydrogen (secondary N) is 1. The molecule has 0 aliphatic heterocycles. The van der Waals surface area contributed by atoms with Gasteiger partial charge >= 0.3 is 0 Å². The molecule has 1 N–H and O–H groups in total. The molecule has 2 heterocycles. The third-order valence-corrected chi connectivity index (χ3v) is 5.54. The van der Waals surface area contributed by atoms with Crippen LogP contribution in [0.5, 0.6) is 5.75 Å². The Hall–Kier alpha value is -2.21. The molecular formula is C20H25N3O2S. The molecule has 0 aromatic carbocycles. The summed E-state index contributed by atoms with van der Waals surface area (Å²) in [5, 5.41) is 3.81. The average Bonchev–Trinajstić information content (AvgIpc) is 3.03. The molecule has 0 unspecified atom stereocenters. The van der Waals surface area contributed by atoms with Gasteiger partial charge in [-0.25, -0.2) is 4.98 Å². The number of carbonyl (C=O) groups is 1. The van der Waals surface area contributed by atoms with E-state index in [1.807, 2.05) is 26.0 Å². The third kappa shape index (κ3) is 5.14. The van der Waals surface area contributed by atoms with Crippen LogP contribution in [0, 0.1) is 13.8 Å². The highest BCUT2D eigenvalue weighted by molar-refractivity contribution is 7.13. The summed E-state index contributed by atoms with van der Waals surface area (Å²) in [5.74, 6) is 0.662. The summed E-state index contributed by atoms with van der Waals surface area (Å²) in [5.41, 5.74) is 3.17. The highest BCUT2D eigenvalue weighted by Gasteiger charge is 2.15. The van der Waals surface area contributed by atoms with Gasteiger partial charge in [0.1, 0.15) is 22.2 Å². The Kier molecular flexibility index (Phi) is 6.39. The Balaban J connectivity index is 1.50. The molecule has 0 fully saturated rings. The quantitative estimate of drug-likeness (QED) is 0.735. The zero-order valence-corrected chi connectivity index (χ0v) is 16.2. The lowest BCUT2D eigenvalue weighted by atomic mass is 9.97. The lowest BCUT2D eigenvalue weighted by molar-refractivity contribution is 0.0957. The van der Waals surface area contributed by atoms with Crippen LogP contribution in [-0.2, 0) is 6.61 Å². The Morgan fingerprint density at radius 2 is 2.19 bits per heavy atom. The first-order chi connectivity index (χ1) is 12.6. The fourth-order valence-corrected chi connectivity index (χ4v) is 3.85. The Labute approximate surface area is 158 Å². The first-order valence-electron chi connectivity index (χ1n) is 9.09. The van der Waals surface area contributed by atoms with E-state index in [0.717, 1.165) is 22.8 Å². The normalized spacial score (nSPS) is 14.0. The molecule has 2 aromatic heterocycles. The number of pyridine rings is 1. The standard InChI is InChI=1S/C20H25N3O2S/c1-14-8-9-17(12-22-14)25-13-18-23-15(2)19(26-18)20(24)21-11-10-16-6-4-3-5-7-16/h6,8-9,12H,3-5,7,10-11,13H2,1-2H3,(H,21,24). The Morgan fingerprint density at radius 3 is 2.92 bits per heavy atom. The van der Waals surface area contributed by atoms with Crippen LogP contribution in [0.4, 0.5) is 0 Å². The molecule has 2 aromatic rings. The number of thiazole rings is 1. The molecule has 1 aliphatic rings. The van der Waals surface area contributed by atoms with Gasteiger partial charge in [0, 0.05) is 12.2 Å². The van der Waals surface area contributed by atoms with Gasteiger partial charge in [-0.1, -0.05) is 11.6 Å². The monoisotopic (exact) mass is 371 g/mol. The van der Waals surface area contributed by atoms with E-state index in [0.29, 0.717) is 23.8 Å². The number of hydrogen-bond acceptors (Lipinski definition) is 5. The fraction of sp³-hybridized carbons (Fsp3) is 0.450.